The minimum atomic E-state index is -1.16. The maximum Gasteiger partial charge on any atom is 0.350 e. The van der Waals surface area contributed by atoms with E-state index in [1.807, 2.05) is 0 Å². The Labute approximate surface area is 128 Å². The normalized spacial score (nSPS) is 18.2. The molecule has 2 aromatic rings. The predicted octanol–water partition coefficient (Wildman–Crippen LogP) is 2.39. The van der Waals surface area contributed by atoms with Gasteiger partial charge in [-0.2, -0.15) is 0 Å². The first-order chi connectivity index (χ1) is 9.97. The van der Waals surface area contributed by atoms with Crippen molar-refractivity contribution in [3.8, 4) is 5.75 Å². The van der Waals surface area contributed by atoms with E-state index < -0.39 is 23.6 Å². The Morgan fingerprint density at radius 1 is 1.29 bits per heavy atom. The van der Waals surface area contributed by atoms with Gasteiger partial charge in [-0.15, -0.1) is 0 Å². The molecule has 0 saturated carbocycles. The molecule has 2 atom stereocenters. The highest BCUT2D eigenvalue weighted by atomic mass is 79.9. The maximum absolute atomic E-state index is 12.3. The van der Waals surface area contributed by atoms with Crippen molar-refractivity contribution in [3.63, 3.8) is 0 Å². The number of rotatable bonds is 2. The zero-order valence-corrected chi connectivity index (χ0v) is 12.6. The van der Waals surface area contributed by atoms with Crippen molar-refractivity contribution < 1.29 is 19.1 Å². The Morgan fingerprint density at radius 2 is 2.05 bits per heavy atom. The van der Waals surface area contributed by atoms with Gasteiger partial charge in [-0.25, -0.2) is 4.79 Å². The van der Waals surface area contributed by atoms with Crippen LogP contribution in [-0.2, 0) is 0 Å². The first-order valence-corrected chi connectivity index (χ1v) is 7.06. The largest absolute Gasteiger partial charge is 0.478 e. The molecule has 0 spiro atoms. The first kappa shape index (κ1) is 14.0. The number of ketones is 1. The van der Waals surface area contributed by atoms with E-state index >= 15 is 0 Å². The van der Waals surface area contributed by atoms with Crippen LogP contribution in [0.2, 0.25) is 0 Å². The van der Waals surface area contributed by atoms with Crippen LogP contribution in [0.15, 0.2) is 44.0 Å². The fourth-order valence-corrected chi connectivity index (χ4v) is 2.72. The molecule has 3 rings (SSSR count). The van der Waals surface area contributed by atoms with Crippen molar-refractivity contribution in [1.82, 2.24) is 0 Å². The monoisotopic (exact) mass is 350 g/mol. The minimum Gasteiger partial charge on any atom is -0.478 e. The van der Waals surface area contributed by atoms with E-state index in [9.17, 15) is 14.7 Å². The number of halogens is 1. The lowest BCUT2D eigenvalue weighted by molar-refractivity contribution is 0.0407. The number of carbonyl (C=O) groups excluding carboxylic acids is 1. The van der Waals surface area contributed by atoms with Gasteiger partial charge in [0.05, 0.1) is 0 Å². The molecule has 108 valence electrons. The van der Waals surface area contributed by atoms with Gasteiger partial charge in [0.2, 0.25) is 5.78 Å². The van der Waals surface area contributed by atoms with Crippen LogP contribution in [0, 0.1) is 6.92 Å². The van der Waals surface area contributed by atoms with Crippen LogP contribution in [0.3, 0.4) is 0 Å². The van der Waals surface area contributed by atoms with Gasteiger partial charge >= 0.3 is 5.63 Å². The lowest BCUT2D eigenvalue weighted by atomic mass is 10.00. The Balaban J connectivity index is 1.98. The molecule has 1 aliphatic rings. The molecule has 1 N–H and O–H groups in total. The quantitative estimate of drug-likeness (QED) is 0.899. The number of aliphatic hydroxyl groups is 1. The molecule has 2 unspecified atom stereocenters. The van der Waals surface area contributed by atoms with Gasteiger partial charge in [0.25, 0.3) is 0 Å². The Bertz CT molecular complexity index is 780. The van der Waals surface area contributed by atoms with E-state index in [-0.39, 0.29) is 11.3 Å². The lowest BCUT2D eigenvalue weighted by Gasteiger charge is -2.17. The van der Waals surface area contributed by atoms with Crippen LogP contribution in [0.25, 0.3) is 0 Å². The number of ether oxygens (including phenoxy) is 1. The molecule has 1 aromatic carbocycles. The topological polar surface area (TPSA) is 76.7 Å². The smallest absolute Gasteiger partial charge is 0.350 e. The number of hydrogen-bond donors (Lipinski definition) is 1. The summed E-state index contributed by atoms with van der Waals surface area (Å²) in [5, 5.41) is 10.3. The average molecular weight is 351 g/mol. The highest BCUT2D eigenvalue weighted by Gasteiger charge is 2.41. The molecular weight excluding hydrogens is 340 g/mol. The highest BCUT2D eigenvalue weighted by molar-refractivity contribution is 9.10. The van der Waals surface area contributed by atoms with Gasteiger partial charge < -0.3 is 14.3 Å². The van der Waals surface area contributed by atoms with Gasteiger partial charge in [-0.1, -0.05) is 28.1 Å². The molecule has 21 heavy (non-hydrogen) atoms. The number of benzene rings is 1. The molecule has 2 heterocycles. The van der Waals surface area contributed by atoms with Crippen molar-refractivity contribution >= 4 is 21.7 Å². The third-order valence-corrected chi connectivity index (χ3v) is 3.77. The van der Waals surface area contributed by atoms with Crippen molar-refractivity contribution in [2.24, 2.45) is 0 Å². The summed E-state index contributed by atoms with van der Waals surface area (Å²) in [6.07, 6.45) is -2.30. The molecule has 6 heteroatoms. The van der Waals surface area contributed by atoms with E-state index in [2.05, 4.69) is 15.9 Å². The third kappa shape index (κ3) is 2.41. The summed E-state index contributed by atoms with van der Waals surface area (Å²) in [6.45, 7) is 1.59. The zero-order chi connectivity index (χ0) is 15.1. The Morgan fingerprint density at radius 3 is 2.76 bits per heavy atom. The zero-order valence-electron chi connectivity index (χ0n) is 11.0. The number of aliphatic hydroxyl groups excluding tert-OH is 1. The molecule has 1 aromatic heterocycles. The predicted molar refractivity (Wildman–Crippen MR) is 77.6 cm³/mol. The van der Waals surface area contributed by atoms with Crippen LogP contribution in [-0.4, -0.2) is 17.0 Å². The molecular formula is C15H11BrO5. The molecule has 5 nitrogen and oxygen atoms in total. The van der Waals surface area contributed by atoms with Gasteiger partial charge in [0.15, 0.2) is 6.10 Å². The van der Waals surface area contributed by atoms with Gasteiger partial charge in [0.1, 0.15) is 23.2 Å². The summed E-state index contributed by atoms with van der Waals surface area (Å²) >= 11 is 3.30. The highest BCUT2D eigenvalue weighted by Crippen LogP contribution is 2.33. The first-order valence-electron chi connectivity index (χ1n) is 6.26. The van der Waals surface area contributed by atoms with Crippen LogP contribution >= 0.6 is 15.9 Å². The van der Waals surface area contributed by atoms with Crippen LogP contribution in [0.5, 0.6) is 5.75 Å². The molecule has 0 bridgehead atoms. The van der Waals surface area contributed by atoms with Crippen LogP contribution in [0.1, 0.15) is 27.8 Å². The van der Waals surface area contributed by atoms with Crippen molar-refractivity contribution in [2.75, 3.05) is 0 Å². The molecule has 0 radical (unpaired) electrons. The number of Topliss-reactive ketones (excluding diaryl/α,β-unsaturated/α-hetero) is 1. The fraction of sp³-hybridized carbons (Fsp3) is 0.200. The van der Waals surface area contributed by atoms with E-state index in [1.165, 1.54) is 6.07 Å². The van der Waals surface area contributed by atoms with E-state index in [4.69, 9.17) is 9.15 Å². The van der Waals surface area contributed by atoms with E-state index in [1.54, 1.807) is 31.2 Å². The third-order valence-electron chi connectivity index (χ3n) is 3.27. The Kier molecular flexibility index (Phi) is 3.43. The molecule has 0 amide bonds. The second-order valence-electron chi connectivity index (χ2n) is 4.79. The van der Waals surface area contributed by atoms with E-state index in [0.29, 0.717) is 11.3 Å². The number of hydrogen-bond acceptors (Lipinski definition) is 5. The van der Waals surface area contributed by atoms with Crippen LogP contribution in [0.4, 0.5) is 0 Å². The van der Waals surface area contributed by atoms with E-state index in [0.717, 1.165) is 4.47 Å². The lowest BCUT2D eigenvalue weighted by Crippen LogP contribution is -2.30. The summed E-state index contributed by atoms with van der Waals surface area (Å²) < 4.78 is 11.1. The van der Waals surface area contributed by atoms with Crippen molar-refractivity contribution in [1.29, 1.82) is 0 Å². The van der Waals surface area contributed by atoms with Crippen molar-refractivity contribution in [2.45, 2.75) is 19.1 Å². The van der Waals surface area contributed by atoms with Gasteiger partial charge in [-0.05, 0) is 24.6 Å². The fourth-order valence-electron chi connectivity index (χ4n) is 2.30. The number of fused-ring (bicyclic) bond motifs is 1. The molecule has 0 aliphatic carbocycles. The Hall–Kier alpha value is -1.92. The number of carbonyl (C=O) groups is 1. The van der Waals surface area contributed by atoms with Gasteiger partial charge in [0, 0.05) is 10.5 Å². The maximum atomic E-state index is 12.3. The summed E-state index contributed by atoms with van der Waals surface area (Å²) in [4.78, 5) is 24.0. The summed E-state index contributed by atoms with van der Waals surface area (Å²) in [6, 6.07) is 8.40. The van der Waals surface area contributed by atoms with Crippen molar-refractivity contribution in [3.05, 3.63) is 62.1 Å². The second kappa shape index (κ2) is 5.13. The summed E-state index contributed by atoms with van der Waals surface area (Å²) in [7, 11) is 0. The molecule has 0 saturated heterocycles. The summed E-state index contributed by atoms with van der Waals surface area (Å²) in [5.41, 5.74) is -0.352. The summed E-state index contributed by atoms with van der Waals surface area (Å²) in [5.74, 6) is -0.0526. The SMILES string of the molecule is Cc1cc2c(c(=O)o1)C(=O)C(C(O)c1cccc(Br)c1)O2. The molecule has 1 aliphatic heterocycles. The molecule has 0 fully saturated rings. The van der Waals surface area contributed by atoms with Gasteiger partial charge in [-0.3, -0.25) is 4.79 Å². The van der Waals surface area contributed by atoms with Crippen LogP contribution < -0.4 is 10.4 Å². The average Bonchev–Trinajstić information content (AvgIpc) is 2.75. The minimum absolute atomic E-state index is 0.139. The second-order valence-corrected chi connectivity index (χ2v) is 5.70. The number of aryl methyl sites for hydroxylation is 1. The standard InChI is InChI=1S/C15H11BrO5/c1-7-5-10-11(15(19)20-7)13(18)14(21-10)12(17)8-3-2-4-9(16)6-8/h2-6,12,14,17H,1H3.